The van der Waals surface area contributed by atoms with Gasteiger partial charge in [0.2, 0.25) is 0 Å². The number of para-hydroxylation sites is 2. The van der Waals surface area contributed by atoms with Gasteiger partial charge < -0.3 is 4.90 Å². The Kier molecular flexibility index (Phi) is 7.21. The fourth-order valence-corrected chi connectivity index (χ4v) is 7.92. The zero-order valence-electron chi connectivity index (χ0n) is 28.3. The molecule has 0 fully saturated rings. The molecule has 0 aliphatic heterocycles. The zero-order valence-corrected chi connectivity index (χ0v) is 28.3. The van der Waals surface area contributed by atoms with Crippen LogP contribution in [0.5, 0.6) is 0 Å². The van der Waals surface area contributed by atoms with E-state index in [2.05, 4.69) is 207 Å². The van der Waals surface area contributed by atoms with E-state index in [-0.39, 0.29) is 5.41 Å². The highest BCUT2D eigenvalue weighted by atomic mass is 15.1. The molecule has 0 saturated heterocycles. The molecule has 0 N–H and O–H groups in total. The summed E-state index contributed by atoms with van der Waals surface area (Å²) in [5, 5.41) is 2.65. The van der Waals surface area contributed by atoms with Crippen LogP contribution in [0.2, 0.25) is 0 Å². The standard InChI is InChI=1S/C49H37N/c1-49(2)45-32-28-39(36-25-29-42(30-26-36)50(40-16-8-4-9-17-40)41-18-10-5-11-19-41)33-44(45)48-43(31-27-38-15-12-20-46(49)47(38)48)37-23-21-35(22-24-37)34-13-6-3-7-14-34/h3-33H,1-2H3. The molecule has 0 saturated carbocycles. The summed E-state index contributed by atoms with van der Waals surface area (Å²) in [6, 6.07) is 68.5. The van der Waals surface area contributed by atoms with Crippen molar-refractivity contribution in [2.45, 2.75) is 19.3 Å². The number of anilines is 3. The molecule has 0 heterocycles. The maximum absolute atomic E-state index is 2.44. The number of nitrogens with zero attached hydrogens (tertiary/aromatic N) is 1. The average Bonchev–Trinajstić information content (AvgIpc) is 3.18. The first kappa shape index (κ1) is 29.9. The lowest BCUT2D eigenvalue weighted by molar-refractivity contribution is 0.645. The quantitative estimate of drug-likeness (QED) is 0.175. The summed E-state index contributed by atoms with van der Waals surface area (Å²) in [4.78, 5) is 2.31. The average molecular weight is 640 g/mol. The van der Waals surface area contributed by atoms with E-state index in [9.17, 15) is 0 Å². The molecule has 0 bridgehead atoms. The van der Waals surface area contributed by atoms with Crippen molar-refractivity contribution in [3.63, 3.8) is 0 Å². The molecule has 0 amide bonds. The van der Waals surface area contributed by atoms with Crippen molar-refractivity contribution in [3.05, 3.63) is 199 Å². The molecule has 0 spiro atoms. The van der Waals surface area contributed by atoms with Crippen LogP contribution in [0, 0.1) is 0 Å². The van der Waals surface area contributed by atoms with Crippen LogP contribution in [-0.2, 0) is 5.41 Å². The molecule has 1 nitrogen and oxygen atoms in total. The number of rotatable bonds is 6. The van der Waals surface area contributed by atoms with Crippen LogP contribution in [0.25, 0.3) is 55.3 Å². The number of benzene rings is 8. The Labute approximate surface area is 294 Å². The Morgan fingerprint density at radius 1 is 0.360 bits per heavy atom. The van der Waals surface area contributed by atoms with Crippen molar-refractivity contribution in [2.24, 2.45) is 0 Å². The maximum Gasteiger partial charge on any atom is 0.0462 e. The summed E-state index contributed by atoms with van der Waals surface area (Å²) >= 11 is 0. The first-order chi connectivity index (χ1) is 24.6. The summed E-state index contributed by atoms with van der Waals surface area (Å²) in [5.41, 5.74) is 16.1. The molecule has 9 rings (SSSR count). The zero-order chi connectivity index (χ0) is 33.7. The summed E-state index contributed by atoms with van der Waals surface area (Å²) < 4.78 is 0. The third-order valence-electron chi connectivity index (χ3n) is 10.5. The van der Waals surface area contributed by atoms with Crippen molar-refractivity contribution in [1.29, 1.82) is 0 Å². The monoisotopic (exact) mass is 639 g/mol. The van der Waals surface area contributed by atoms with Gasteiger partial charge in [-0.1, -0.05) is 159 Å². The second kappa shape index (κ2) is 12.1. The van der Waals surface area contributed by atoms with Crippen molar-refractivity contribution < 1.29 is 0 Å². The molecule has 8 aromatic carbocycles. The van der Waals surface area contributed by atoms with Gasteiger partial charge in [-0.25, -0.2) is 0 Å². The third-order valence-corrected chi connectivity index (χ3v) is 10.5. The maximum atomic E-state index is 2.44. The minimum absolute atomic E-state index is 0.133. The van der Waals surface area contributed by atoms with Gasteiger partial charge in [-0.15, -0.1) is 0 Å². The van der Waals surface area contributed by atoms with E-state index in [0.29, 0.717) is 0 Å². The Hall–Kier alpha value is -6.18. The summed E-state index contributed by atoms with van der Waals surface area (Å²) in [7, 11) is 0. The Balaban J connectivity index is 1.17. The highest BCUT2D eigenvalue weighted by Crippen LogP contribution is 2.52. The van der Waals surface area contributed by atoms with Gasteiger partial charge in [-0.05, 0) is 109 Å². The lowest BCUT2D eigenvalue weighted by atomic mass is 9.67. The van der Waals surface area contributed by atoms with E-state index in [1.165, 1.54) is 66.4 Å². The van der Waals surface area contributed by atoms with Gasteiger partial charge >= 0.3 is 0 Å². The summed E-state index contributed by atoms with van der Waals surface area (Å²) in [6.45, 7) is 4.75. The number of hydrogen-bond donors (Lipinski definition) is 0. The smallest absolute Gasteiger partial charge is 0.0462 e. The second-order valence-corrected chi connectivity index (χ2v) is 13.8. The topological polar surface area (TPSA) is 3.24 Å². The largest absolute Gasteiger partial charge is 0.311 e. The van der Waals surface area contributed by atoms with E-state index in [0.717, 1.165) is 17.1 Å². The molecule has 0 radical (unpaired) electrons. The molecule has 1 heteroatoms. The fourth-order valence-electron chi connectivity index (χ4n) is 7.92. The van der Waals surface area contributed by atoms with Gasteiger partial charge in [-0.3, -0.25) is 0 Å². The molecule has 0 unspecified atom stereocenters. The highest BCUT2D eigenvalue weighted by molar-refractivity contribution is 6.09. The van der Waals surface area contributed by atoms with E-state index in [4.69, 9.17) is 0 Å². The van der Waals surface area contributed by atoms with Crippen LogP contribution in [0.3, 0.4) is 0 Å². The Morgan fingerprint density at radius 2 is 0.880 bits per heavy atom. The predicted octanol–water partition coefficient (Wildman–Crippen LogP) is 13.6. The van der Waals surface area contributed by atoms with Gasteiger partial charge in [0.05, 0.1) is 0 Å². The van der Waals surface area contributed by atoms with Gasteiger partial charge in [0, 0.05) is 22.5 Å². The molecule has 1 aliphatic rings. The van der Waals surface area contributed by atoms with Crippen LogP contribution in [0.4, 0.5) is 17.1 Å². The van der Waals surface area contributed by atoms with Gasteiger partial charge in [-0.2, -0.15) is 0 Å². The minimum atomic E-state index is -0.133. The molecular formula is C49H37N. The minimum Gasteiger partial charge on any atom is -0.311 e. The van der Waals surface area contributed by atoms with Gasteiger partial charge in [0.1, 0.15) is 0 Å². The van der Waals surface area contributed by atoms with Crippen LogP contribution in [-0.4, -0.2) is 0 Å². The number of fused-ring (bicyclic) bond motifs is 2. The fraction of sp³-hybridized carbons (Fsp3) is 0.0612. The molecular weight excluding hydrogens is 603 g/mol. The van der Waals surface area contributed by atoms with Crippen molar-refractivity contribution in [3.8, 4) is 44.5 Å². The first-order valence-electron chi connectivity index (χ1n) is 17.4. The summed E-state index contributed by atoms with van der Waals surface area (Å²) in [6.07, 6.45) is 0. The Morgan fingerprint density at radius 3 is 1.54 bits per heavy atom. The van der Waals surface area contributed by atoms with Gasteiger partial charge in [0.25, 0.3) is 0 Å². The van der Waals surface area contributed by atoms with Crippen molar-refractivity contribution in [1.82, 2.24) is 0 Å². The second-order valence-electron chi connectivity index (χ2n) is 13.8. The molecule has 238 valence electrons. The van der Waals surface area contributed by atoms with Crippen LogP contribution < -0.4 is 4.90 Å². The normalized spacial score (nSPS) is 12.8. The summed E-state index contributed by atoms with van der Waals surface area (Å²) in [5.74, 6) is 0. The van der Waals surface area contributed by atoms with Crippen molar-refractivity contribution >= 4 is 27.8 Å². The van der Waals surface area contributed by atoms with E-state index in [1.807, 2.05) is 0 Å². The number of hydrogen-bond acceptors (Lipinski definition) is 1. The SMILES string of the molecule is CC1(C)c2ccc(-c3ccc(N(c4ccccc4)c4ccccc4)cc3)cc2-c2c(-c3ccc(-c4ccccc4)cc3)ccc3cccc1c23. The van der Waals surface area contributed by atoms with Crippen LogP contribution in [0.15, 0.2) is 188 Å². The Bertz CT molecular complexity index is 2420. The van der Waals surface area contributed by atoms with Crippen LogP contribution in [0.1, 0.15) is 25.0 Å². The highest BCUT2D eigenvalue weighted by Gasteiger charge is 2.34. The lowest BCUT2D eigenvalue weighted by Crippen LogP contribution is -2.24. The molecule has 0 atom stereocenters. The molecule has 50 heavy (non-hydrogen) atoms. The van der Waals surface area contributed by atoms with Crippen LogP contribution >= 0.6 is 0 Å². The van der Waals surface area contributed by atoms with E-state index in [1.54, 1.807) is 0 Å². The molecule has 8 aromatic rings. The van der Waals surface area contributed by atoms with E-state index < -0.39 is 0 Å². The molecule has 0 aromatic heterocycles. The first-order valence-corrected chi connectivity index (χ1v) is 17.4. The van der Waals surface area contributed by atoms with Gasteiger partial charge in [0.15, 0.2) is 0 Å². The van der Waals surface area contributed by atoms with Crippen molar-refractivity contribution in [2.75, 3.05) is 4.90 Å². The molecule has 1 aliphatic carbocycles. The van der Waals surface area contributed by atoms with E-state index >= 15 is 0 Å². The predicted molar refractivity (Wildman–Crippen MR) is 213 cm³/mol. The third kappa shape index (κ3) is 5.02. The lowest BCUT2D eigenvalue weighted by Gasteiger charge is -2.36.